The fraction of sp³-hybridized carbons (Fsp3) is 0.111. The lowest BCUT2D eigenvalue weighted by Gasteiger charge is -1.92. The molecule has 2 rings (SSSR count). The number of fused-ring (bicyclic) bond motifs is 1. The van der Waals surface area contributed by atoms with Crippen molar-refractivity contribution in [2.24, 2.45) is 0 Å². The summed E-state index contributed by atoms with van der Waals surface area (Å²) in [6.07, 6.45) is 0. The molecule has 0 radical (unpaired) electrons. The van der Waals surface area contributed by atoms with Gasteiger partial charge in [-0.15, -0.1) is 11.3 Å². The van der Waals surface area contributed by atoms with Crippen LogP contribution in [0.5, 0.6) is 0 Å². The molecule has 0 bridgehead atoms. The van der Waals surface area contributed by atoms with Gasteiger partial charge in [0.15, 0.2) is 4.34 Å². The van der Waals surface area contributed by atoms with E-state index in [0.717, 1.165) is 10.3 Å². The average Bonchev–Trinajstić information content (AvgIpc) is 2.42. The third-order valence-corrected chi connectivity index (χ3v) is 3.56. The topological polar surface area (TPSA) is 43.1 Å². The van der Waals surface area contributed by atoms with Gasteiger partial charge in [-0.05, 0) is 18.6 Å². The normalized spacial score (nSPS) is 10.7. The Labute approximate surface area is 89.1 Å². The number of halogens is 1. The van der Waals surface area contributed by atoms with Crippen LogP contribution in [0.1, 0.15) is 5.56 Å². The number of hydrogen-bond acceptors (Lipinski definition) is 3. The number of benzene rings is 1. The zero-order valence-corrected chi connectivity index (χ0v) is 8.85. The zero-order valence-electron chi connectivity index (χ0n) is 7.28. The third kappa shape index (κ3) is 1.27. The maximum atomic E-state index is 10.7. The number of hydrogen-bond donors (Lipinski definition) is 0. The van der Waals surface area contributed by atoms with E-state index in [1.54, 1.807) is 12.1 Å². The van der Waals surface area contributed by atoms with Gasteiger partial charge in [-0.25, -0.2) is 0 Å². The SMILES string of the molecule is Cc1cccc2c([N+](=O)[O-])c(Cl)sc12. The average molecular weight is 228 g/mol. The van der Waals surface area contributed by atoms with Gasteiger partial charge in [0.05, 0.1) is 10.3 Å². The molecule has 0 unspecified atom stereocenters. The maximum absolute atomic E-state index is 10.7. The second-order valence-electron chi connectivity index (χ2n) is 2.93. The van der Waals surface area contributed by atoms with E-state index in [-0.39, 0.29) is 10.0 Å². The van der Waals surface area contributed by atoms with Crippen molar-refractivity contribution in [3.05, 3.63) is 38.2 Å². The van der Waals surface area contributed by atoms with E-state index in [4.69, 9.17) is 11.6 Å². The minimum absolute atomic E-state index is 0.0235. The molecule has 0 aliphatic rings. The Balaban J connectivity index is 2.90. The van der Waals surface area contributed by atoms with Crippen molar-refractivity contribution >= 4 is 38.7 Å². The summed E-state index contributed by atoms with van der Waals surface area (Å²) in [5.41, 5.74) is 1.04. The summed E-state index contributed by atoms with van der Waals surface area (Å²) in [4.78, 5) is 10.3. The van der Waals surface area contributed by atoms with E-state index in [2.05, 4.69) is 0 Å². The van der Waals surface area contributed by atoms with E-state index in [1.807, 2.05) is 13.0 Å². The Hall–Kier alpha value is -1.13. The Morgan fingerprint density at radius 1 is 1.50 bits per heavy atom. The molecule has 0 fully saturated rings. The number of nitro groups is 1. The smallest absolute Gasteiger partial charge is 0.258 e. The number of rotatable bonds is 1. The van der Waals surface area contributed by atoms with Crippen LogP contribution in [0.2, 0.25) is 4.34 Å². The van der Waals surface area contributed by atoms with E-state index in [1.165, 1.54) is 11.3 Å². The molecule has 1 aromatic carbocycles. The molecule has 0 amide bonds. The van der Waals surface area contributed by atoms with Crippen LogP contribution in [-0.2, 0) is 0 Å². The predicted octanol–water partition coefficient (Wildman–Crippen LogP) is 3.77. The second-order valence-corrected chi connectivity index (χ2v) is 4.56. The first-order valence-corrected chi connectivity index (χ1v) is 5.12. The highest BCUT2D eigenvalue weighted by Crippen LogP contribution is 2.41. The second kappa shape index (κ2) is 3.22. The summed E-state index contributed by atoms with van der Waals surface area (Å²) in [5.74, 6) is 0. The summed E-state index contributed by atoms with van der Waals surface area (Å²) in [7, 11) is 0. The van der Waals surface area contributed by atoms with E-state index in [9.17, 15) is 10.1 Å². The Morgan fingerprint density at radius 3 is 2.86 bits per heavy atom. The molecule has 0 saturated carbocycles. The van der Waals surface area contributed by atoms with Crippen molar-refractivity contribution in [2.75, 3.05) is 0 Å². The van der Waals surface area contributed by atoms with Crippen molar-refractivity contribution in [3.8, 4) is 0 Å². The first-order valence-electron chi connectivity index (χ1n) is 3.93. The van der Waals surface area contributed by atoms with Crippen LogP contribution in [0.3, 0.4) is 0 Å². The van der Waals surface area contributed by atoms with Crippen molar-refractivity contribution in [1.29, 1.82) is 0 Å². The van der Waals surface area contributed by atoms with E-state index < -0.39 is 4.92 Å². The maximum Gasteiger partial charge on any atom is 0.306 e. The standard InChI is InChI=1S/C9H6ClNO2S/c1-5-3-2-4-6-7(11(12)13)9(10)14-8(5)6/h2-4H,1H3. The van der Waals surface area contributed by atoms with Crippen molar-refractivity contribution in [1.82, 2.24) is 0 Å². The van der Waals surface area contributed by atoms with Crippen LogP contribution >= 0.6 is 22.9 Å². The molecular weight excluding hydrogens is 222 g/mol. The van der Waals surface area contributed by atoms with Crippen LogP contribution in [0.4, 0.5) is 5.69 Å². The van der Waals surface area contributed by atoms with Gasteiger partial charge >= 0.3 is 5.69 Å². The van der Waals surface area contributed by atoms with E-state index >= 15 is 0 Å². The van der Waals surface area contributed by atoms with Crippen LogP contribution in [-0.4, -0.2) is 4.92 Å². The van der Waals surface area contributed by atoms with Gasteiger partial charge < -0.3 is 0 Å². The first-order chi connectivity index (χ1) is 6.61. The predicted molar refractivity (Wildman–Crippen MR) is 58.2 cm³/mol. The molecule has 2 aromatic rings. The highest BCUT2D eigenvalue weighted by atomic mass is 35.5. The van der Waals surface area contributed by atoms with Crippen LogP contribution < -0.4 is 0 Å². The molecule has 3 nitrogen and oxygen atoms in total. The number of aryl methyl sites for hydroxylation is 1. The zero-order chi connectivity index (χ0) is 10.3. The molecule has 0 N–H and O–H groups in total. The van der Waals surface area contributed by atoms with Crippen molar-refractivity contribution in [3.63, 3.8) is 0 Å². The van der Waals surface area contributed by atoms with Gasteiger partial charge in [-0.3, -0.25) is 10.1 Å². The van der Waals surface area contributed by atoms with Crippen LogP contribution in [0.25, 0.3) is 10.1 Å². The quantitative estimate of drug-likeness (QED) is 0.550. The number of thiophene rings is 1. The molecule has 14 heavy (non-hydrogen) atoms. The molecule has 5 heteroatoms. The summed E-state index contributed by atoms with van der Waals surface area (Å²) < 4.78 is 1.14. The van der Waals surface area contributed by atoms with E-state index in [0.29, 0.717) is 5.39 Å². The van der Waals surface area contributed by atoms with Crippen LogP contribution in [0.15, 0.2) is 18.2 Å². The summed E-state index contributed by atoms with van der Waals surface area (Å²) in [6.45, 7) is 1.92. The first kappa shape index (κ1) is 9.43. The molecule has 0 aliphatic carbocycles. The van der Waals surface area contributed by atoms with Gasteiger partial charge in [-0.1, -0.05) is 23.7 Å². The minimum atomic E-state index is -0.430. The minimum Gasteiger partial charge on any atom is -0.258 e. The Kier molecular flexibility index (Phi) is 2.17. The largest absolute Gasteiger partial charge is 0.306 e. The highest BCUT2D eigenvalue weighted by Gasteiger charge is 2.21. The molecule has 1 aromatic heterocycles. The Morgan fingerprint density at radius 2 is 2.21 bits per heavy atom. The molecule has 0 spiro atoms. The number of nitrogens with zero attached hydrogens (tertiary/aromatic N) is 1. The molecule has 72 valence electrons. The summed E-state index contributed by atoms with van der Waals surface area (Å²) in [5, 5.41) is 11.4. The summed E-state index contributed by atoms with van der Waals surface area (Å²) >= 11 is 7.07. The molecule has 1 heterocycles. The monoisotopic (exact) mass is 227 g/mol. The lowest BCUT2D eigenvalue weighted by Crippen LogP contribution is -1.86. The van der Waals surface area contributed by atoms with Gasteiger partial charge in [-0.2, -0.15) is 0 Å². The molecule has 0 saturated heterocycles. The molecule has 0 atom stereocenters. The fourth-order valence-electron chi connectivity index (χ4n) is 1.39. The Bertz CT molecular complexity index is 521. The van der Waals surface area contributed by atoms with Crippen molar-refractivity contribution < 1.29 is 4.92 Å². The van der Waals surface area contributed by atoms with Gasteiger partial charge in [0.25, 0.3) is 0 Å². The molecule has 0 aliphatic heterocycles. The van der Waals surface area contributed by atoms with Gasteiger partial charge in [0, 0.05) is 4.70 Å². The fourth-order valence-corrected chi connectivity index (χ4v) is 2.75. The molecular formula is C9H6ClNO2S. The van der Waals surface area contributed by atoms with Gasteiger partial charge in [0.2, 0.25) is 0 Å². The summed E-state index contributed by atoms with van der Waals surface area (Å²) in [6, 6.07) is 5.44. The lowest BCUT2D eigenvalue weighted by atomic mass is 10.2. The third-order valence-electron chi connectivity index (χ3n) is 2.03. The van der Waals surface area contributed by atoms with Crippen LogP contribution in [0, 0.1) is 17.0 Å². The highest BCUT2D eigenvalue weighted by molar-refractivity contribution is 7.23. The van der Waals surface area contributed by atoms with Crippen molar-refractivity contribution in [2.45, 2.75) is 6.92 Å². The lowest BCUT2D eigenvalue weighted by molar-refractivity contribution is -0.382. The van der Waals surface area contributed by atoms with Gasteiger partial charge in [0.1, 0.15) is 0 Å².